The predicted molar refractivity (Wildman–Crippen MR) is 56.3 cm³/mol. The second-order valence-corrected chi connectivity index (χ2v) is 6.31. The molecule has 0 aliphatic rings. The predicted octanol–water partition coefficient (Wildman–Crippen LogP) is 0.912. The van der Waals surface area contributed by atoms with Crippen LogP contribution in [0.25, 0.3) is 0 Å². The van der Waals surface area contributed by atoms with Crippen molar-refractivity contribution in [1.82, 2.24) is 4.98 Å². The van der Waals surface area contributed by atoms with Gasteiger partial charge in [0, 0.05) is 26.4 Å². The van der Waals surface area contributed by atoms with Gasteiger partial charge < -0.3 is 14.6 Å². The van der Waals surface area contributed by atoms with E-state index in [9.17, 15) is 0 Å². The van der Waals surface area contributed by atoms with Crippen molar-refractivity contribution < 1.29 is 8.85 Å². The van der Waals surface area contributed by atoms with Crippen molar-refractivity contribution in [2.75, 3.05) is 14.2 Å². The van der Waals surface area contributed by atoms with Crippen molar-refractivity contribution >= 4 is 8.72 Å². The lowest BCUT2D eigenvalue weighted by atomic mass is 10.4. The number of hydrogen-bond donors (Lipinski definition) is 2. The molecule has 13 heavy (non-hydrogen) atoms. The lowest BCUT2D eigenvalue weighted by Crippen LogP contribution is -2.60. The molecule has 4 nitrogen and oxygen atoms in total. The van der Waals surface area contributed by atoms with Crippen LogP contribution in [0.5, 0.6) is 0 Å². The second-order valence-electron chi connectivity index (χ2n) is 3.20. The van der Waals surface area contributed by atoms with Crippen molar-refractivity contribution in [2.45, 2.75) is 38.9 Å². The van der Waals surface area contributed by atoms with E-state index in [4.69, 9.17) is 14.6 Å². The maximum Gasteiger partial charge on any atom is 0.425 e. The van der Waals surface area contributed by atoms with Gasteiger partial charge >= 0.3 is 8.72 Å². The van der Waals surface area contributed by atoms with Crippen LogP contribution in [0.3, 0.4) is 0 Å². The Bertz CT molecular complexity index is 129. The number of nitrogens with one attached hydrogen (secondary N) is 1. The summed E-state index contributed by atoms with van der Waals surface area (Å²) < 4.78 is 10.9. The van der Waals surface area contributed by atoms with Crippen LogP contribution in [0, 0.1) is 0 Å². The van der Waals surface area contributed by atoms with E-state index in [2.05, 4.69) is 11.9 Å². The number of rotatable bonds is 7. The van der Waals surface area contributed by atoms with Gasteiger partial charge in [0.25, 0.3) is 0 Å². The van der Waals surface area contributed by atoms with Gasteiger partial charge in [-0.05, 0) is 6.92 Å². The highest BCUT2D eigenvalue weighted by atomic mass is 28.4. The van der Waals surface area contributed by atoms with Crippen LogP contribution in [0.1, 0.15) is 26.7 Å². The van der Waals surface area contributed by atoms with Crippen molar-refractivity contribution in [3.63, 3.8) is 0 Å². The third-order valence-electron chi connectivity index (χ3n) is 1.97. The summed E-state index contributed by atoms with van der Waals surface area (Å²) in [5, 5.41) is 0. The van der Waals surface area contributed by atoms with Crippen LogP contribution in [0.15, 0.2) is 0 Å². The SMILES string of the molecule is CCCC[Si](NC(C)N)(OC)OC. The van der Waals surface area contributed by atoms with Crippen LogP contribution in [-0.2, 0) is 8.85 Å². The quantitative estimate of drug-likeness (QED) is 0.480. The Morgan fingerprint density at radius 3 is 2.23 bits per heavy atom. The Morgan fingerprint density at radius 1 is 1.38 bits per heavy atom. The maximum atomic E-state index is 5.66. The zero-order valence-corrected chi connectivity index (χ0v) is 10.1. The Morgan fingerprint density at radius 2 is 1.92 bits per heavy atom. The van der Waals surface area contributed by atoms with Gasteiger partial charge in [0.1, 0.15) is 0 Å². The molecule has 0 aromatic rings. The zero-order chi connectivity index (χ0) is 10.3. The van der Waals surface area contributed by atoms with Gasteiger partial charge in [-0.2, -0.15) is 0 Å². The molecule has 0 heterocycles. The molecule has 0 aliphatic heterocycles. The van der Waals surface area contributed by atoms with Crippen LogP contribution in [0.2, 0.25) is 6.04 Å². The van der Waals surface area contributed by atoms with Crippen LogP contribution in [-0.4, -0.2) is 29.1 Å². The molecule has 0 aliphatic carbocycles. The third kappa shape index (κ3) is 4.73. The zero-order valence-electron chi connectivity index (χ0n) is 9.09. The highest BCUT2D eigenvalue weighted by Gasteiger charge is 2.36. The fraction of sp³-hybridized carbons (Fsp3) is 1.00. The summed E-state index contributed by atoms with van der Waals surface area (Å²) in [7, 11) is 1.16. The molecule has 3 N–H and O–H groups in total. The monoisotopic (exact) mass is 206 g/mol. The Labute approximate surface area is 82.1 Å². The first-order valence-corrected chi connectivity index (χ1v) is 6.76. The number of nitrogens with two attached hydrogens (primary N) is 1. The smallest absolute Gasteiger partial charge is 0.386 e. The summed E-state index contributed by atoms with van der Waals surface area (Å²) >= 11 is 0. The van der Waals surface area contributed by atoms with Crippen molar-refractivity contribution in [1.29, 1.82) is 0 Å². The maximum absolute atomic E-state index is 5.66. The minimum atomic E-state index is -2.20. The first kappa shape index (κ1) is 13.1. The lowest BCUT2D eigenvalue weighted by Gasteiger charge is -2.29. The molecular formula is C8H22N2O2Si. The third-order valence-corrected chi connectivity index (χ3v) is 5.19. The molecule has 1 unspecified atom stereocenters. The normalized spacial score (nSPS) is 14.5. The van der Waals surface area contributed by atoms with Crippen LogP contribution < -0.4 is 10.7 Å². The number of hydrogen-bond acceptors (Lipinski definition) is 4. The molecule has 0 rings (SSSR count). The van der Waals surface area contributed by atoms with Gasteiger partial charge in [-0.3, -0.25) is 4.98 Å². The van der Waals surface area contributed by atoms with E-state index in [1.807, 2.05) is 6.92 Å². The molecule has 0 amide bonds. The van der Waals surface area contributed by atoms with Gasteiger partial charge in [-0.1, -0.05) is 19.8 Å². The van der Waals surface area contributed by atoms with Gasteiger partial charge in [0.15, 0.2) is 0 Å². The lowest BCUT2D eigenvalue weighted by molar-refractivity contribution is 0.221. The average molecular weight is 206 g/mol. The molecule has 0 radical (unpaired) electrons. The van der Waals surface area contributed by atoms with Gasteiger partial charge in [-0.25, -0.2) is 0 Å². The topological polar surface area (TPSA) is 56.5 Å². The molecule has 5 heteroatoms. The highest BCUT2D eigenvalue weighted by Crippen LogP contribution is 2.12. The van der Waals surface area contributed by atoms with E-state index in [1.165, 1.54) is 0 Å². The van der Waals surface area contributed by atoms with Crippen LogP contribution in [0.4, 0.5) is 0 Å². The molecule has 1 atom stereocenters. The van der Waals surface area contributed by atoms with Crippen molar-refractivity contribution in [3.8, 4) is 0 Å². The Balaban J connectivity index is 4.13. The summed E-state index contributed by atoms with van der Waals surface area (Å²) in [6.45, 7) is 4.04. The van der Waals surface area contributed by atoms with Gasteiger partial charge in [-0.15, -0.1) is 0 Å². The van der Waals surface area contributed by atoms with E-state index < -0.39 is 8.72 Å². The van der Waals surface area contributed by atoms with E-state index in [0.717, 1.165) is 18.9 Å². The van der Waals surface area contributed by atoms with Crippen LogP contribution >= 0.6 is 0 Å². The fourth-order valence-corrected chi connectivity index (χ4v) is 3.70. The molecule has 0 aromatic carbocycles. The Hall–Kier alpha value is 0.0569. The van der Waals surface area contributed by atoms with Crippen molar-refractivity contribution in [2.24, 2.45) is 5.73 Å². The molecule has 0 saturated carbocycles. The van der Waals surface area contributed by atoms with E-state index >= 15 is 0 Å². The molecule has 0 fully saturated rings. The molecule has 0 bridgehead atoms. The summed E-state index contributed by atoms with van der Waals surface area (Å²) in [6.07, 6.45) is 2.17. The number of unbranched alkanes of at least 4 members (excludes halogenated alkanes) is 1. The molecule has 0 spiro atoms. The summed E-state index contributed by atoms with van der Waals surface area (Å²) in [6, 6.07) is 0.942. The van der Waals surface area contributed by atoms with E-state index in [0.29, 0.717) is 0 Å². The van der Waals surface area contributed by atoms with Crippen molar-refractivity contribution in [3.05, 3.63) is 0 Å². The molecule has 0 saturated heterocycles. The molecular weight excluding hydrogens is 184 g/mol. The minimum Gasteiger partial charge on any atom is -0.386 e. The summed E-state index contributed by atoms with van der Waals surface area (Å²) in [5.41, 5.74) is 5.66. The average Bonchev–Trinajstić information content (AvgIpc) is 2.12. The van der Waals surface area contributed by atoms with E-state index in [1.54, 1.807) is 14.2 Å². The Kier molecular flexibility index (Phi) is 6.53. The van der Waals surface area contributed by atoms with Gasteiger partial charge in [0.2, 0.25) is 0 Å². The summed E-state index contributed by atoms with van der Waals surface area (Å²) in [4.78, 5) is 3.20. The largest absolute Gasteiger partial charge is 0.425 e. The molecule has 0 aromatic heterocycles. The van der Waals surface area contributed by atoms with Gasteiger partial charge in [0.05, 0.1) is 0 Å². The first-order chi connectivity index (χ1) is 6.10. The summed E-state index contributed by atoms with van der Waals surface area (Å²) in [5.74, 6) is 0. The first-order valence-electron chi connectivity index (χ1n) is 4.73. The van der Waals surface area contributed by atoms with E-state index in [-0.39, 0.29) is 6.17 Å². The molecule has 80 valence electrons. The highest BCUT2D eigenvalue weighted by molar-refractivity contribution is 6.64. The second kappa shape index (κ2) is 6.50. The standard InChI is InChI=1S/C8H22N2O2Si/c1-5-6-7-13(11-3,12-4)10-8(2)9/h8,10H,5-7,9H2,1-4H3. The minimum absolute atomic E-state index is 0.0802. The fourth-order valence-electron chi connectivity index (χ4n) is 1.23.